The van der Waals surface area contributed by atoms with Gasteiger partial charge in [-0.1, -0.05) is 6.92 Å². The number of furan rings is 1. The molecule has 1 rings (SSSR count). The molecule has 4 heteroatoms. The maximum atomic E-state index is 9.02. The molecule has 0 aliphatic rings. The summed E-state index contributed by atoms with van der Waals surface area (Å²) < 4.78 is 6.14. The van der Waals surface area contributed by atoms with Gasteiger partial charge in [0.25, 0.3) is 0 Å². The number of aliphatic hydroxyl groups excluding tert-OH is 1. The lowest BCUT2D eigenvalue weighted by molar-refractivity contribution is 0.225. The van der Waals surface area contributed by atoms with Gasteiger partial charge in [0.15, 0.2) is 4.67 Å². The lowest BCUT2D eigenvalue weighted by Crippen LogP contribution is -2.33. The SMILES string of the molecule is CC[C@H](CO)NC(C)c1ccc(Br)o1. The third-order valence-electron chi connectivity index (χ3n) is 2.22. The summed E-state index contributed by atoms with van der Waals surface area (Å²) in [5, 5.41) is 12.3. The molecular weight excluding hydrogens is 246 g/mol. The highest BCUT2D eigenvalue weighted by Crippen LogP contribution is 2.20. The summed E-state index contributed by atoms with van der Waals surface area (Å²) in [6.45, 7) is 4.21. The van der Waals surface area contributed by atoms with Gasteiger partial charge in [0, 0.05) is 6.04 Å². The van der Waals surface area contributed by atoms with E-state index < -0.39 is 0 Å². The number of nitrogens with one attached hydrogen (secondary N) is 1. The number of hydrogen-bond acceptors (Lipinski definition) is 3. The summed E-state index contributed by atoms with van der Waals surface area (Å²) in [4.78, 5) is 0. The number of halogens is 1. The Morgan fingerprint density at radius 3 is 2.71 bits per heavy atom. The second kappa shape index (κ2) is 5.53. The van der Waals surface area contributed by atoms with Gasteiger partial charge in [-0.3, -0.25) is 0 Å². The normalized spacial score (nSPS) is 15.4. The molecule has 0 saturated heterocycles. The van der Waals surface area contributed by atoms with Crippen molar-refractivity contribution in [3.8, 4) is 0 Å². The Morgan fingerprint density at radius 2 is 2.29 bits per heavy atom. The monoisotopic (exact) mass is 261 g/mol. The summed E-state index contributed by atoms with van der Waals surface area (Å²) >= 11 is 3.26. The number of rotatable bonds is 5. The molecule has 0 bridgehead atoms. The van der Waals surface area contributed by atoms with E-state index in [-0.39, 0.29) is 18.7 Å². The first kappa shape index (κ1) is 11.8. The molecule has 14 heavy (non-hydrogen) atoms. The highest BCUT2D eigenvalue weighted by molar-refractivity contribution is 9.10. The third-order valence-corrected chi connectivity index (χ3v) is 2.65. The van der Waals surface area contributed by atoms with Crippen LogP contribution in [0.25, 0.3) is 0 Å². The molecule has 2 atom stereocenters. The molecular formula is C10H16BrNO2. The van der Waals surface area contributed by atoms with Crippen LogP contribution in [0.15, 0.2) is 21.2 Å². The maximum Gasteiger partial charge on any atom is 0.169 e. The van der Waals surface area contributed by atoms with Crippen LogP contribution in [0.3, 0.4) is 0 Å². The van der Waals surface area contributed by atoms with Gasteiger partial charge in [0.2, 0.25) is 0 Å². The maximum absolute atomic E-state index is 9.02. The number of aliphatic hydroxyl groups is 1. The van der Waals surface area contributed by atoms with Crippen LogP contribution in [0.1, 0.15) is 32.1 Å². The zero-order valence-corrected chi connectivity index (χ0v) is 10.0. The van der Waals surface area contributed by atoms with Crippen LogP contribution >= 0.6 is 15.9 Å². The minimum atomic E-state index is 0.124. The van der Waals surface area contributed by atoms with Crippen molar-refractivity contribution in [2.75, 3.05) is 6.61 Å². The molecule has 3 nitrogen and oxygen atoms in total. The molecule has 1 heterocycles. The second-order valence-corrected chi connectivity index (χ2v) is 4.10. The summed E-state index contributed by atoms with van der Waals surface area (Å²) in [7, 11) is 0. The van der Waals surface area contributed by atoms with Crippen molar-refractivity contribution >= 4 is 15.9 Å². The van der Waals surface area contributed by atoms with Gasteiger partial charge in [-0.2, -0.15) is 0 Å². The van der Waals surface area contributed by atoms with E-state index in [4.69, 9.17) is 9.52 Å². The molecule has 0 aromatic carbocycles. The van der Waals surface area contributed by atoms with Gasteiger partial charge in [0.05, 0.1) is 12.6 Å². The van der Waals surface area contributed by atoms with E-state index in [1.165, 1.54) is 0 Å². The lowest BCUT2D eigenvalue weighted by atomic mass is 10.2. The smallest absolute Gasteiger partial charge is 0.169 e. The molecule has 0 spiro atoms. The Labute approximate surface area is 92.6 Å². The highest BCUT2D eigenvalue weighted by atomic mass is 79.9. The van der Waals surface area contributed by atoms with E-state index in [1.807, 2.05) is 26.0 Å². The first-order chi connectivity index (χ1) is 6.67. The summed E-state index contributed by atoms with van der Waals surface area (Å²) in [6, 6.07) is 4.05. The van der Waals surface area contributed by atoms with Crippen LogP contribution in [0.5, 0.6) is 0 Å². The standard InChI is InChI=1S/C10H16BrNO2/c1-3-8(6-13)12-7(2)9-4-5-10(11)14-9/h4-5,7-8,12-13H,3,6H2,1-2H3/t7?,8-/m1/s1. The van der Waals surface area contributed by atoms with Crippen LogP contribution in [-0.4, -0.2) is 17.8 Å². The van der Waals surface area contributed by atoms with Gasteiger partial charge in [-0.25, -0.2) is 0 Å². The molecule has 0 radical (unpaired) electrons. The molecule has 1 unspecified atom stereocenters. The number of hydrogen-bond donors (Lipinski definition) is 2. The molecule has 0 amide bonds. The molecule has 1 aromatic heterocycles. The van der Waals surface area contributed by atoms with Crippen LogP contribution in [0.2, 0.25) is 0 Å². The van der Waals surface area contributed by atoms with E-state index in [9.17, 15) is 0 Å². The Bertz CT molecular complexity index is 271. The fraction of sp³-hybridized carbons (Fsp3) is 0.600. The van der Waals surface area contributed by atoms with E-state index in [0.717, 1.165) is 16.9 Å². The first-order valence-electron chi connectivity index (χ1n) is 4.79. The predicted molar refractivity (Wildman–Crippen MR) is 59.1 cm³/mol. The van der Waals surface area contributed by atoms with Crippen LogP contribution in [-0.2, 0) is 0 Å². The summed E-state index contributed by atoms with van der Waals surface area (Å²) in [5.41, 5.74) is 0. The Balaban J connectivity index is 2.53. The van der Waals surface area contributed by atoms with Gasteiger partial charge in [-0.05, 0) is 41.4 Å². The van der Waals surface area contributed by atoms with Gasteiger partial charge < -0.3 is 14.8 Å². The minimum Gasteiger partial charge on any atom is -0.453 e. The lowest BCUT2D eigenvalue weighted by Gasteiger charge is -2.18. The third kappa shape index (κ3) is 3.12. The van der Waals surface area contributed by atoms with Gasteiger partial charge in [-0.15, -0.1) is 0 Å². The molecule has 1 aromatic rings. The predicted octanol–water partition coefficient (Wildman–Crippen LogP) is 2.46. The fourth-order valence-corrected chi connectivity index (χ4v) is 1.62. The van der Waals surface area contributed by atoms with Crippen molar-refractivity contribution < 1.29 is 9.52 Å². The van der Waals surface area contributed by atoms with Gasteiger partial charge in [0.1, 0.15) is 5.76 Å². The first-order valence-corrected chi connectivity index (χ1v) is 5.58. The largest absolute Gasteiger partial charge is 0.453 e. The minimum absolute atomic E-state index is 0.124. The van der Waals surface area contributed by atoms with E-state index in [2.05, 4.69) is 21.2 Å². The zero-order valence-electron chi connectivity index (χ0n) is 8.46. The average molecular weight is 262 g/mol. The molecule has 0 fully saturated rings. The van der Waals surface area contributed by atoms with Gasteiger partial charge >= 0.3 is 0 Å². The topological polar surface area (TPSA) is 45.4 Å². The molecule has 0 saturated carbocycles. The summed E-state index contributed by atoms with van der Waals surface area (Å²) in [5.74, 6) is 0.878. The zero-order chi connectivity index (χ0) is 10.6. The molecule has 80 valence electrons. The quantitative estimate of drug-likeness (QED) is 0.856. The van der Waals surface area contributed by atoms with Crippen LogP contribution < -0.4 is 5.32 Å². The average Bonchev–Trinajstić information content (AvgIpc) is 2.61. The Kier molecular flexibility index (Phi) is 4.65. The molecule has 0 aliphatic heterocycles. The van der Waals surface area contributed by atoms with Crippen LogP contribution in [0.4, 0.5) is 0 Å². The Hall–Kier alpha value is -0.320. The van der Waals surface area contributed by atoms with E-state index >= 15 is 0 Å². The molecule has 2 N–H and O–H groups in total. The summed E-state index contributed by atoms with van der Waals surface area (Å²) in [6.07, 6.45) is 0.905. The van der Waals surface area contributed by atoms with E-state index in [1.54, 1.807) is 0 Å². The van der Waals surface area contributed by atoms with E-state index in [0.29, 0.717) is 0 Å². The Morgan fingerprint density at radius 1 is 1.57 bits per heavy atom. The van der Waals surface area contributed by atoms with Crippen molar-refractivity contribution in [1.29, 1.82) is 0 Å². The van der Waals surface area contributed by atoms with Crippen LogP contribution in [0, 0.1) is 0 Å². The van der Waals surface area contributed by atoms with Crippen molar-refractivity contribution in [2.45, 2.75) is 32.4 Å². The second-order valence-electron chi connectivity index (χ2n) is 3.32. The highest BCUT2D eigenvalue weighted by Gasteiger charge is 2.13. The fourth-order valence-electron chi connectivity index (χ4n) is 1.30. The van der Waals surface area contributed by atoms with Crippen molar-refractivity contribution in [2.24, 2.45) is 0 Å². The van der Waals surface area contributed by atoms with Crippen molar-refractivity contribution in [3.63, 3.8) is 0 Å². The molecule has 0 aliphatic carbocycles. The van der Waals surface area contributed by atoms with Crippen molar-refractivity contribution in [3.05, 3.63) is 22.6 Å². The van der Waals surface area contributed by atoms with Crippen molar-refractivity contribution in [1.82, 2.24) is 5.32 Å².